The van der Waals surface area contributed by atoms with Crippen molar-refractivity contribution in [2.75, 3.05) is 59.4 Å². The maximum atomic E-state index is 2.78. The molecule has 4 nitrogen and oxygen atoms in total. The lowest BCUT2D eigenvalue weighted by molar-refractivity contribution is -0.124. The summed E-state index contributed by atoms with van der Waals surface area (Å²) in [5.41, 5.74) is 0.706. The van der Waals surface area contributed by atoms with Gasteiger partial charge in [-0.15, -0.1) is 0 Å². The van der Waals surface area contributed by atoms with E-state index in [9.17, 15) is 0 Å². The Morgan fingerprint density at radius 3 is 2.00 bits per heavy atom. The van der Waals surface area contributed by atoms with Crippen LogP contribution in [0.15, 0.2) is 0 Å². The van der Waals surface area contributed by atoms with Gasteiger partial charge in [-0.1, -0.05) is 0 Å². The van der Waals surface area contributed by atoms with Crippen LogP contribution in [-0.4, -0.2) is 97.1 Å². The molecule has 0 aromatic heterocycles. The Kier molecular flexibility index (Phi) is 3.57. The summed E-state index contributed by atoms with van der Waals surface area (Å²) in [6, 6.07) is 2.48. The molecular weight excluding hydrogens is 260 g/mol. The fourth-order valence-corrected chi connectivity index (χ4v) is 4.64. The van der Waals surface area contributed by atoms with E-state index in [1.807, 2.05) is 0 Å². The van der Waals surface area contributed by atoms with Crippen LogP contribution in [0.25, 0.3) is 0 Å². The molecule has 21 heavy (non-hydrogen) atoms. The summed E-state index contributed by atoms with van der Waals surface area (Å²) >= 11 is 0. The molecule has 4 rings (SSSR count). The highest BCUT2D eigenvalue weighted by Crippen LogP contribution is 2.42. The average molecular weight is 292 g/mol. The fourth-order valence-electron chi connectivity index (χ4n) is 4.64. The summed E-state index contributed by atoms with van der Waals surface area (Å²) in [5, 5.41) is 0. The van der Waals surface area contributed by atoms with E-state index in [0.717, 1.165) is 18.1 Å². The number of hydrogen-bond donors (Lipinski definition) is 0. The van der Waals surface area contributed by atoms with Crippen LogP contribution in [0.1, 0.15) is 26.7 Å². The highest BCUT2D eigenvalue weighted by Gasteiger charge is 2.50. The summed E-state index contributed by atoms with van der Waals surface area (Å²) in [5.74, 6) is 0. The van der Waals surface area contributed by atoms with E-state index < -0.39 is 0 Å². The highest BCUT2D eigenvalue weighted by molar-refractivity contribution is 5.05. The maximum absolute atomic E-state index is 2.78. The smallest absolute Gasteiger partial charge is 0.0352 e. The third kappa shape index (κ3) is 2.54. The van der Waals surface area contributed by atoms with Gasteiger partial charge >= 0.3 is 0 Å². The Hall–Kier alpha value is -0.160. The van der Waals surface area contributed by atoms with Crippen molar-refractivity contribution >= 4 is 0 Å². The van der Waals surface area contributed by atoms with Crippen molar-refractivity contribution in [1.29, 1.82) is 0 Å². The van der Waals surface area contributed by atoms with Crippen LogP contribution in [0.5, 0.6) is 0 Å². The summed E-state index contributed by atoms with van der Waals surface area (Å²) in [6.07, 6.45) is 2.87. The minimum Gasteiger partial charge on any atom is -0.306 e. The van der Waals surface area contributed by atoms with Gasteiger partial charge in [0.15, 0.2) is 0 Å². The molecule has 120 valence electrons. The molecule has 0 atom stereocenters. The Bertz CT molecular complexity index is 368. The van der Waals surface area contributed by atoms with Crippen molar-refractivity contribution in [2.24, 2.45) is 5.41 Å². The molecule has 4 saturated heterocycles. The second kappa shape index (κ2) is 5.19. The zero-order chi connectivity index (χ0) is 14.6. The van der Waals surface area contributed by atoms with Crippen LogP contribution < -0.4 is 0 Å². The van der Waals surface area contributed by atoms with Gasteiger partial charge < -0.3 is 4.90 Å². The lowest BCUT2D eigenvalue weighted by Gasteiger charge is -2.61. The Labute approximate surface area is 130 Å². The molecule has 0 aromatic carbocycles. The van der Waals surface area contributed by atoms with Crippen LogP contribution in [-0.2, 0) is 0 Å². The van der Waals surface area contributed by atoms with Crippen molar-refractivity contribution in [3.8, 4) is 0 Å². The van der Waals surface area contributed by atoms with Gasteiger partial charge in [-0.05, 0) is 52.2 Å². The van der Waals surface area contributed by atoms with E-state index in [0.29, 0.717) is 5.41 Å². The minimum absolute atomic E-state index is 0.706. The molecule has 4 aliphatic rings. The molecule has 0 radical (unpaired) electrons. The van der Waals surface area contributed by atoms with E-state index in [1.54, 1.807) is 0 Å². The predicted octanol–water partition coefficient (Wildman–Crippen LogP) is 0.791. The molecule has 0 aromatic rings. The Morgan fingerprint density at radius 1 is 0.857 bits per heavy atom. The maximum Gasteiger partial charge on any atom is 0.0352 e. The molecule has 0 aliphatic carbocycles. The van der Waals surface area contributed by atoms with Crippen LogP contribution in [0.2, 0.25) is 0 Å². The van der Waals surface area contributed by atoms with Gasteiger partial charge in [0.25, 0.3) is 0 Å². The zero-order valence-electron chi connectivity index (χ0n) is 14.1. The van der Waals surface area contributed by atoms with Gasteiger partial charge in [0.1, 0.15) is 0 Å². The number of rotatable bonds is 3. The molecule has 1 spiro atoms. The van der Waals surface area contributed by atoms with Crippen molar-refractivity contribution in [2.45, 2.75) is 44.8 Å². The lowest BCUT2D eigenvalue weighted by Crippen LogP contribution is -2.74. The molecular formula is C17H32N4. The van der Waals surface area contributed by atoms with Gasteiger partial charge in [-0.3, -0.25) is 14.7 Å². The normalized spacial score (nSPS) is 33.1. The molecule has 4 aliphatic heterocycles. The van der Waals surface area contributed by atoms with Gasteiger partial charge in [-0.25, -0.2) is 0 Å². The first-order valence-electron chi connectivity index (χ1n) is 8.95. The van der Waals surface area contributed by atoms with E-state index in [1.165, 1.54) is 65.2 Å². The SMILES string of the molecule is CC(C)N1CC(N2CC(N3CC4(CCN(C)CC4)C3)C2)C1. The van der Waals surface area contributed by atoms with E-state index in [-0.39, 0.29) is 0 Å². The van der Waals surface area contributed by atoms with E-state index in [2.05, 4.69) is 40.5 Å². The quantitative estimate of drug-likeness (QED) is 0.762. The largest absolute Gasteiger partial charge is 0.306 e. The van der Waals surface area contributed by atoms with Crippen molar-refractivity contribution in [1.82, 2.24) is 19.6 Å². The molecule has 0 unspecified atom stereocenters. The number of piperidine rings is 1. The Balaban J connectivity index is 1.17. The molecule has 4 fully saturated rings. The van der Waals surface area contributed by atoms with Gasteiger partial charge in [-0.2, -0.15) is 0 Å². The number of nitrogens with zero attached hydrogens (tertiary/aromatic N) is 4. The summed E-state index contributed by atoms with van der Waals surface area (Å²) in [4.78, 5) is 10.6. The van der Waals surface area contributed by atoms with Gasteiger partial charge in [0.2, 0.25) is 0 Å². The first-order chi connectivity index (χ1) is 10.0. The standard InChI is InChI=1S/C17H32N4/c1-14(2)19-8-15(9-19)20-10-16(11-20)21-12-17(13-21)4-6-18(3)7-5-17/h14-16H,4-13H2,1-3H3. The monoisotopic (exact) mass is 292 g/mol. The zero-order valence-corrected chi connectivity index (χ0v) is 14.1. The van der Waals surface area contributed by atoms with E-state index in [4.69, 9.17) is 0 Å². The van der Waals surface area contributed by atoms with Crippen LogP contribution >= 0.6 is 0 Å². The van der Waals surface area contributed by atoms with Crippen LogP contribution in [0.4, 0.5) is 0 Å². The first-order valence-corrected chi connectivity index (χ1v) is 8.95. The van der Waals surface area contributed by atoms with Crippen molar-refractivity contribution < 1.29 is 0 Å². The number of likely N-dealkylation sites (tertiary alicyclic amines) is 4. The molecule has 0 saturated carbocycles. The van der Waals surface area contributed by atoms with Gasteiger partial charge in [0.05, 0.1) is 0 Å². The summed E-state index contributed by atoms with van der Waals surface area (Å²) in [6.45, 7) is 15.3. The lowest BCUT2D eigenvalue weighted by atomic mass is 9.71. The molecule has 0 N–H and O–H groups in total. The minimum atomic E-state index is 0.706. The first kappa shape index (κ1) is 14.4. The van der Waals surface area contributed by atoms with Gasteiger partial charge in [0, 0.05) is 57.4 Å². The van der Waals surface area contributed by atoms with Crippen molar-refractivity contribution in [3.05, 3.63) is 0 Å². The molecule has 4 heterocycles. The molecule has 0 bridgehead atoms. The summed E-state index contributed by atoms with van der Waals surface area (Å²) in [7, 11) is 2.27. The second-order valence-corrected chi connectivity index (χ2v) is 8.52. The van der Waals surface area contributed by atoms with Crippen LogP contribution in [0, 0.1) is 5.41 Å². The predicted molar refractivity (Wildman–Crippen MR) is 86.6 cm³/mol. The Morgan fingerprint density at radius 2 is 1.43 bits per heavy atom. The highest BCUT2D eigenvalue weighted by atomic mass is 15.4. The van der Waals surface area contributed by atoms with Crippen LogP contribution in [0.3, 0.4) is 0 Å². The topological polar surface area (TPSA) is 13.0 Å². The van der Waals surface area contributed by atoms with Crippen molar-refractivity contribution in [3.63, 3.8) is 0 Å². The van der Waals surface area contributed by atoms with E-state index >= 15 is 0 Å². The average Bonchev–Trinajstić information content (AvgIpc) is 2.29. The molecule has 0 amide bonds. The number of hydrogen-bond acceptors (Lipinski definition) is 4. The fraction of sp³-hybridized carbons (Fsp3) is 1.00. The second-order valence-electron chi connectivity index (χ2n) is 8.52. The third-order valence-corrected chi connectivity index (χ3v) is 6.67. The third-order valence-electron chi connectivity index (χ3n) is 6.67. The molecule has 4 heteroatoms. The summed E-state index contributed by atoms with van der Waals surface area (Å²) < 4.78 is 0.